The SMILES string of the molecule is CN(c1ncnc2c1cnn2COCC[Si](C)(C)C)[C@H]1CCCNC1. The average Bonchev–Trinajstić information content (AvgIpc) is 3.01. The molecular formula is C17H30N6OSi. The number of aromatic nitrogens is 4. The predicted molar refractivity (Wildman–Crippen MR) is 104 cm³/mol. The van der Waals surface area contributed by atoms with Crippen molar-refractivity contribution >= 4 is 24.9 Å². The second-order valence-corrected chi connectivity index (χ2v) is 13.7. The molecule has 0 radical (unpaired) electrons. The van der Waals surface area contributed by atoms with Crippen LogP contribution in [-0.4, -0.2) is 60.6 Å². The lowest BCUT2D eigenvalue weighted by Gasteiger charge is -2.32. The number of anilines is 1. The lowest BCUT2D eigenvalue weighted by Crippen LogP contribution is -2.44. The minimum Gasteiger partial charge on any atom is -0.359 e. The van der Waals surface area contributed by atoms with Crippen LogP contribution in [0.5, 0.6) is 0 Å². The van der Waals surface area contributed by atoms with Crippen molar-refractivity contribution in [2.75, 3.05) is 31.6 Å². The van der Waals surface area contributed by atoms with Crippen molar-refractivity contribution in [1.29, 1.82) is 0 Å². The molecule has 0 saturated carbocycles. The zero-order valence-electron chi connectivity index (χ0n) is 15.8. The fraction of sp³-hybridized carbons (Fsp3) is 0.706. The molecule has 1 N–H and O–H groups in total. The summed E-state index contributed by atoms with van der Waals surface area (Å²) in [4.78, 5) is 11.2. The molecule has 0 spiro atoms. The van der Waals surface area contributed by atoms with Crippen LogP contribution in [0.4, 0.5) is 5.82 Å². The Morgan fingerprint density at radius 2 is 2.20 bits per heavy atom. The average molecular weight is 363 g/mol. The van der Waals surface area contributed by atoms with E-state index in [0.717, 1.165) is 42.6 Å². The Hall–Kier alpha value is -1.51. The Morgan fingerprint density at radius 3 is 2.92 bits per heavy atom. The lowest BCUT2D eigenvalue weighted by atomic mass is 10.1. The highest BCUT2D eigenvalue weighted by Crippen LogP contribution is 2.25. The minimum atomic E-state index is -1.07. The third-order valence-electron chi connectivity index (χ3n) is 4.78. The van der Waals surface area contributed by atoms with Crippen LogP contribution in [0.3, 0.4) is 0 Å². The third-order valence-corrected chi connectivity index (χ3v) is 6.48. The van der Waals surface area contributed by atoms with Crippen molar-refractivity contribution in [3.8, 4) is 0 Å². The maximum atomic E-state index is 5.83. The van der Waals surface area contributed by atoms with Crippen LogP contribution >= 0.6 is 0 Å². The van der Waals surface area contributed by atoms with Crippen LogP contribution in [0.2, 0.25) is 25.7 Å². The van der Waals surface area contributed by atoms with E-state index in [1.54, 1.807) is 6.33 Å². The van der Waals surface area contributed by atoms with E-state index < -0.39 is 8.07 Å². The van der Waals surface area contributed by atoms with Gasteiger partial charge in [-0.2, -0.15) is 5.10 Å². The first kappa shape index (κ1) is 18.3. The molecule has 0 aliphatic carbocycles. The number of ether oxygens (including phenoxy) is 1. The van der Waals surface area contributed by atoms with Gasteiger partial charge in [0.25, 0.3) is 0 Å². The highest BCUT2D eigenvalue weighted by molar-refractivity contribution is 6.76. The summed E-state index contributed by atoms with van der Waals surface area (Å²) in [6.07, 6.45) is 5.88. The minimum absolute atomic E-state index is 0.444. The van der Waals surface area contributed by atoms with Crippen LogP contribution in [0.15, 0.2) is 12.5 Å². The summed E-state index contributed by atoms with van der Waals surface area (Å²) in [6, 6.07) is 1.62. The van der Waals surface area contributed by atoms with Crippen LogP contribution in [0.25, 0.3) is 11.0 Å². The molecule has 3 heterocycles. The number of hydrogen-bond acceptors (Lipinski definition) is 6. The van der Waals surface area contributed by atoms with Crippen LogP contribution in [-0.2, 0) is 11.5 Å². The van der Waals surface area contributed by atoms with Crippen LogP contribution in [0, 0.1) is 0 Å². The molecule has 1 atom stereocenters. The van der Waals surface area contributed by atoms with Gasteiger partial charge in [-0.05, 0) is 25.4 Å². The van der Waals surface area contributed by atoms with E-state index in [0.29, 0.717) is 12.8 Å². The van der Waals surface area contributed by atoms with E-state index >= 15 is 0 Å². The van der Waals surface area contributed by atoms with E-state index in [9.17, 15) is 0 Å². The van der Waals surface area contributed by atoms with Crippen molar-refractivity contribution in [2.24, 2.45) is 0 Å². The lowest BCUT2D eigenvalue weighted by molar-refractivity contribution is 0.0813. The standard InChI is InChI=1S/C17H30N6OSi/c1-22(14-6-5-7-18-10-14)16-15-11-21-23(17(15)20-12-19-16)13-24-8-9-25(2,3)4/h11-12,14,18H,5-10,13H2,1-4H3/t14-/m0/s1. The van der Waals surface area contributed by atoms with Gasteiger partial charge in [-0.3, -0.25) is 0 Å². The number of hydrogen-bond donors (Lipinski definition) is 1. The molecule has 0 aromatic carbocycles. The molecule has 1 aliphatic rings. The maximum Gasteiger partial charge on any atom is 0.165 e. The van der Waals surface area contributed by atoms with Gasteiger partial charge in [-0.25, -0.2) is 14.6 Å². The first-order valence-electron chi connectivity index (χ1n) is 9.13. The molecule has 1 saturated heterocycles. The van der Waals surface area contributed by atoms with Crippen LogP contribution < -0.4 is 10.2 Å². The topological polar surface area (TPSA) is 68.1 Å². The molecule has 8 heteroatoms. The smallest absolute Gasteiger partial charge is 0.165 e. The van der Waals surface area contributed by atoms with E-state index in [-0.39, 0.29) is 0 Å². The molecule has 0 unspecified atom stereocenters. The Balaban J connectivity index is 1.71. The largest absolute Gasteiger partial charge is 0.359 e. The molecule has 138 valence electrons. The monoisotopic (exact) mass is 362 g/mol. The van der Waals surface area contributed by atoms with Gasteiger partial charge < -0.3 is 15.0 Å². The summed E-state index contributed by atoms with van der Waals surface area (Å²) in [5.74, 6) is 0.951. The van der Waals surface area contributed by atoms with Crippen molar-refractivity contribution < 1.29 is 4.74 Å². The first-order valence-corrected chi connectivity index (χ1v) is 12.8. The van der Waals surface area contributed by atoms with Gasteiger partial charge in [0, 0.05) is 34.3 Å². The Bertz CT molecular complexity index is 692. The molecule has 0 bridgehead atoms. The molecule has 2 aromatic rings. The Kier molecular flexibility index (Phi) is 5.70. The summed E-state index contributed by atoms with van der Waals surface area (Å²) in [5.41, 5.74) is 0.841. The zero-order valence-corrected chi connectivity index (χ0v) is 16.8. The van der Waals surface area contributed by atoms with Crippen molar-refractivity contribution in [3.05, 3.63) is 12.5 Å². The summed E-state index contributed by atoms with van der Waals surface area (Å²) >= 11 is 0. The molecule has 1 aliphatic heterocycles. The molecule has 2 aromatic heterocycles. The normalized spacial score (nSPS) is 18.6. The van der Waals surface area contributed by atoms with Gasteiger partial charge in [0.15, 0.2) is 5.65 Å². The quantitative estimate of drug-likeness (QED) is 0.602. The van der Waals surface area contributed by atoms with Gasteiger partial charge in [0.2, 0.25) is 0 Å². The van der Waals surface area contributed by atoms with Gasteiger partial charge in [0.1, 0.15) is 18.9 Å². The van der Waals surface area contributed by atoms with Crippen LogP contribution in [0.1, 0.15) is 12.8 Å². The number of rotatable bonds is 7. The zero-order chi connectivity index (χ0) is 17.9. The summed E-state index contributed by atoms with van der Waals surface area (Å²) in [7, 11) is 1.04. The molecular weight excluding hydrogens is 332 g/mol. The first-order chi connectivity index (χ1) is 12.0. The summed E-state index contributed by atoms with van der Waals surface area (Å²) in [5, 5.41) is 8.93. The molecule has 1 fully saturated rings. The number of fused-ring (bicyclic) bond motifs is 1. The molecule has 0 amide bonds. The van der Waals surface area contributed by atoms with Gasteiger partial charge in [-0.1, -0.05) is 19.6 Å². The molecule has 7 nitrogen and oxygen atoms in total. The fourth-order valence-corrected chi connectivity index (χ4v) is 3.88. The number of nitrogens with zero attached hydrogens (tertiary/aromatic N) is 5. The van der Waals surface area contributed by atoms with E-state index in [1.807, 2.05) is 10.9 Å². The number of likely N-dealkylation sites (N-methyl/N-ethyl adjacent to an activating group) is 1. The Morgan fingerprint density at radius 1 is 1.36 bits per heavy atom. The van der Waals surface area contributed by atoms with E-state index in [4.69, 9.17) is 4.74 Å². The van der Waals surface area contributed by atoms with Crippen molar-refractivity contribution in [1.82, 2.24) is 25.1 Å². The van der Waals surface area contributed by atoms with Gasteiger partial charge in [0.05, 0.1) is 11.6 Å². The fourth-order valence-electron chi connectivity index (χ4n) is 3.12. The van der Waals surface area contributed by atoms with E-state index in [2.05, 4.69) is 52.0 Å². The van der Waals surface area contributed by atoms with Gasteiger partial charge >= 0.3 is 0 Å². The van der Waals surface area contributed by atoms with Gasteiger partial charge in [-0.15, -0.1) is 0 Å². The van der Waals surface area contributed by atoms with E-state index in [1.165, 1.54) is 12.8 Å². The number of nitrogens with one attached hydrogen (secondary N) is 1. The highest BCUT2D eigenvalue weighted by Gasteiger charge is 2.22. The highest BCUT2D eigenvalue weighted by atomic mass is 28.3. The Labute approximate surface area is 150 Å². The maximum absolute atomic E-state index is 5.83. The van der Waals surface area contributed by atoms with Crippen molar-refractivity contribution in [2.45, 2.75) is 51.3 Å². The second kappa shape index (κ2) is 7.80. The van der Waals surface area contributed by atoms with Crippen molar-refractivity contribution in [3.63, 3.8) is 0 Å². The summed E-state index contributed by atoms with van der Waals surface area (Å²) in [6.45, 7) is 10.4. The molecule has 25 heavy (non-hydrogen) atoms. The second-order valence-electron chi connectivity index (χ2n) is 8.04. The predicted octanol–water partition coefficient (Wildman–Crippen LogP) is 2.33. The number of piperidine rings is 1. The summed E-state index contributed by atoms with van der Waals surface area (Å²) < 4.78 is 7.66. The third kappa shape index (κ3) is 4.56. The molecule has 3 rings (SSSR count).